The highest BCUT2D eigenvalue weighted by Gasteiger charge is 2.49. The third kappa shape index (κ3) is 5.65. The minimum absolute atomic E-state index is 0.151. The maximum absolute atomic E-state index is 12.8. The molecule has 3 aromatic carbocycles. The second-order valence-electron chi connectivity index (χ2n) is 7.50. The second-order valence-corrected chi connectivity index (χ2v) is 8.86. The standard InChI is InChI=1S/C26H22O7S/c27-23(17-10-4-1-5-11-17)31-16-20-21(32-24(28)18-12-6-2-7-13-18)22(26(30)34-20)33-25(29)19-14-8-3-9-15-19/h1-15,20-22,26,30H,16H2/t20-,21+,22+,26?/m0/s1. The average Bonchev–Trinajstić information content (AvgIpc) is 3.17. The zero-order chi connectivity index (χ0) is 23.9. The van der Waals surface area contributed by atoms with Crippen molar-refractivity contribution < 1.29 is 33.7 Å². The highest BCUT2D eigenvalue weighted by atomic mass is 32.2. The van der Waals surface area contributed by atoms with Crippen molar-refractivity contribution in [3.8, 4) is 0 Å². The lowest BCUT2D eigenvalue weighted by Crippen LogP contribution is -2.41. The molecule has 7 nitrogen and oxygen atoms in total. The van der Waals surface area contributed by atoms with Crippen molar-refractivity contribution in [3.05, 3.63) is 108 Å². The van der Waals surface area contributed by atoms with Gasteiger partial charge in [-0.1, -0.05) is 54.6 Å². The molecule has 8 heteroatoms. The minimum Gasteiger partial charge on any atom is -0.461 e. The largest absolute Gasteiger partial charge is 0.461 e. The molecule has 1 aliphatic heterocycles. The predicted molar refractivity (Wildman–Crippen MR) is 125 cm³/mol. The zero-order valence-corrected chi connectivity index (χ0v) is 18.8. The molecular weight excluding hydrogens is 456 g/mol. The van der Waals surface area contributed by atoms with Crippen LogP contribution in [-0.2, 0) is 14.2 Å². The van der Waals surface area contributed by atoms with Crippen LogP contribution >= 0.6 is 11.8 Å². The van der Waals surface area contributed by atoms with Crippen molar-refractivity contribution in [1.82, 2.24) is 0 Å². The van der Waals surface area contributed by atoms with Crippen LogP contribution in [-0.4, -0.2) is 52.5 Å². The third-order valence-electron chi connectivity index (χ3n) is 5.18. The fourth-order valence-corrected chi connectivity index (χ4v) is 4.69. The molecule has 0 bridgehead atoms. The molecule has 4 rings (SSSR count). The van der Waals surface area contributed by atoms with Crippen LogP contribution in [0.4, 0.5) is 0 Å². The Hall–Kier alpha value is -3.62. The van der Waals surface area contributed by atoms with E-state index in [2.05, 4.69) is 0 Å². The molecule has 1 unspecified atom stereocenters. The average molecular weight is 479 g/mol. The summed E-state index contributed by atoms with van der Waals surface area (Å²) in [6.07, 6.45) is -2.19. The number of aliphatic hydroxyl groups is 1. The molecule has 1 aliphatic rings. The van der Waals surface area contributed by atoms with Gasteiger partial charge in [-0.2, -0.15) is 0 Å². The Labute approximate surface area is 200 Å². The highest BCUT2D eigenvalue weighted by Crippen LogP contribution is 2.38. The second kappa shape index (κ2) is 11.0. The summed E-state index contributed by atoms with van der Waals surface area (Å²) in [4.78, 5) is 37.8. The molecule has 0 radical (unpaired) electrons. The molecule has 1 heterocycles. The van der Waals surface area contributed by atoms with Gasteiger partial charge in [0.15, 0.2) is 12.2 Å². The number of aliphatic hydroxyl groups excluding tert-OH is 1. The van der Waals surface area contributed by atoms with Gasteiger partial charge in [0.2, 0.25) is 0 Å². The van der Waals surface area contributed by atoms with E-state index in [0.29, 0.717) is 16.7 Å². The molecule has 1 saturated heterocycles. The molecule has 0 aliphatic carbocycles. The molecular formula is C26H22O7S. The van der Waals surface area contributed by atoms with E-state index in [-0.39, 0.29) is 6.61 Å². The van der Waals surface area contributed by atoms with Gasteiger partial charge in [0.1, 0.15) is 12.0 Å². The van der Waals surface area contributed by atoms with E-state index < -0.39 is 40.8 Å². The molecule has 3 aromatic rings. The van der Waals surface area contributed by atoms with E-state index in [1.165, 1.54) is 0 Å². The highest BCUT2D eigenvalue weighted by molar-refractivity contribution is 8.00. The maximum Gasteiger partial charge on any atom is 0.338 e. The predicted octanol–water partition coefficient (Wildman–Crippen LogP) is 3.73. The van der Waals surface area contributed by atoms with Gasteiger partial charge in [-0.25, -0.2) is 14.4 Å². The van der Waals surface area contributed by atoms with Crippen LogP contribution < -0.4 is 0 Å². The lowest BCUT2D eigenvalue weighted by Gasteiger charge is -2.24. The lowest BCUT2D eigenvalue weighted by atomic mass is 10.1. The first-order chi connectivity index (χ1) is 16.5. The Kier molecular flexibility index (Phi) is 7.61. The summed E-state index contributed by atoms with van der Waals surface area (Å²) in [6.45, 7) is -0.151. The van der Waals surface area contributed by atoms with E-state index in [1.807, 2.05) is 0 Å². The fraction of sp³-hybridized carbons (Fsp3) is 0.192. The molecule has 4 atom stereocenters. The Morgan fingerprint density at radius 1 is 0.647 bits per heavy atom. The van der Waals surface area contributed by atoms with Crippen LogP contribution in [0.1, 0.15) is 31.1 Å². The number of ether oxygens (including phenoxy) is 3. The number of carbonyl (C=O) groups excluding carboxylic acids is 3. The van der Waals surface area contributed by atoms with Crippen LogP contribution in [0.3, 0.4) is 0 Å². The fourth-order valence-electron chi connectivity index (χ4n) is 3.46. The topological polar surface area (TPSA) is 99.1 Å². The van der Waals surface area contributed by atoms with Crippen molar-refractivity contribution in [2.75, 3.05) is 6.61 Å². The third-order valence-corrected chi connectivity index (χ3v) is 6.48. The summed E-state index contributed by atoms with van der Waals surface area (Å²) in [5.41, 5.74) is -0.202. The molecule has 0 amide bonds. The van der Waals surface area contributed by atoms with Crippen molar-refractivity contribution in [1.29, 1.82) is 0 Å². The van der Waals surface area contributed by atoms with Crippen molar-refractivity contribution in [2.24, 2.45) is 0 Å². The summed E-state index contributed by atoms with van der Waals surface area (Å²) in [5.74, 6) is -1.85. The Morgan fingerprint density at radius 2 is 1.06 bits per heavy atom. The Balaban J connectivity index is 1.51. The van der Waals surface area contributed by atoms with E-state index in [9.17, 15) is 19.5 Å². The molecule has 0 saturated carbocycles. The quantitative estimate of drug-likeness (QED) is 0.405. The first kappa shape index (κ1) is 23.5. The first-order valence-corrected chi connectivity index (χ1v) is 11.5. The maximum atomic E-state index is 12.8. The zero-order valence-electron chi connectivity index (χ0n) is 18.0. The summed E-state index contributed by atoms with van der Waals surface area (Å²) in [7, 11) is 0. The van der Waals surface area contributed by atoms with E-state index in [1.54, 1.807) is 91.0 Å². The molecule has 1 N–H and O–H groups in total. The van der Waals surface area contributed by atoms with Crippen molar-refractivity contribution >= 4 is 29.7 Å². The molecule has 174 valence electrons. The van der Waals surface area contributed by atoms with Crippen molar-refractivity contribution in [3.63, 3.8) is 0 Å². The van der Waals surface area contributed by atoms with E-state index in [0.717, 1.165) is 11.8 Å². The van der Waals surface area contributed by atoms with Gasteiger partial charge in [-0.15, -0.1) is 11.8 Å². The number of carbonyl (C=O) groups is 3. The SMILES string of the molecule is O=C(OC[C@@H]1SC(O)[C@H](OC(=O)c2ccccc2)[C@@H]1OC(=O)c1ccccc1)c1ccccc1. The molecule has 0 spiro atoms. The summed E-state index contributed by atoms with van der Waals surface area (Å²) in [5, 5.41) is 10.00. The number of benzene rings is 3. The first-order valence-electron chi connectivity index (χ1n) is 10.6. The summed E-state index contributed by atoms with van der Waals surface area (Å²) < 4.78 is 16.6. The van der Waals surface area contributed by atoms with Gasteiger partial charge in [0, 0.05) is 0 Å². The number of hydrogen-bond acceptors (Lipinski definition) is 8. The van der Waals surface area contributed by atoms with Crippen molar-refractivity contribution in [2.45, 2.75) is 22.9 Å². The summed E-state index contributed by atoms with van der Waals surface area (Å²) >= 11 is 1.02. The molecule has 34 heavy (non-hydrogen) atoms. The number of rotatable bonds is 7. The van der Waals surface area contributed by atoms with Gasteiger partial charge in [-0.3, -0.25) is 0 Å². The normalized spacial score (nSPS) is 21.4. The number of esters is 3. The van der Waals surface area contributed by atoms with E-state index >= 15 is 0 Å². The smallest absolute Gasteiger partial charge is 0.338 e. The minimum atomic E-state index is -1.18. The van der Waals surface area contributed by atoms with Crippen LogP contribution in [0, 0.1) is 0 Å². The Bertz CT molecular complexity index is 1120. The monoisotopic (exact) mass is 478 g/mol. The van der Waals surface area contributed by atoms with Gasteiger partial charge < -0.3 is 19.3 Å². The van der Waals surface area contributed by atoms with Crippen LogP contribution in [0.2, 0.25) is 0 Å². The molecule has 1 fully saturated rings. The van der Waals surface area contributed by atoms with Gasteiger partial charge in [0.25, 0.3) is 0 Å². The number of hydrogen-bond donors (Lipinski definition) is 1. The van der Waals surface area contributed by atoms with Gasteiger partial charge in [-0.05, 0) is 36.4 Å². The Morgan fingerprint density at radius 3 is 1.53 bits per heavy atom. The van der Waals surface area contributed by atoms with Gasteiger partial charge in [0.05, 0.1) is 21.9 Å². The van der Waals surface area contributed by atoms with Gasteiger partial charge >= 0.3 is 17.9 Å². The van der Waals surface area contributed by atoms with E-state index in [4.69, 9.17) is 14.2 Å². The van der Waals surface area contributed by atoms with Crippen LogP contribution in [0.25, 0.3) is 0 Å². The lowest BCUT2D eigenvalue weighted by molar-refractivity contribution is -0.0557. The summed E-state index contributed by atoms with van der Waals surface area (Å²) in [6, 6.07) is 25.1. The number of thioether (sulfide) groups is 1. The molecule has 0 aromatic heterocycles. The van der Waals surface area contributed by atoms with Crippen LogP contribution in [0.15, 0.2) is 91.0 Å². The van der Waals surface area contributed by atoms with Crippen LogP contribution in [0.5, 0.6) is 0 Å².